The van der Waals surface area contributed by atoms with Crippen LogP contribution in [0.3, 0.4) is 0 Å². The summed E-state index contributed by atoms with van der Waals surface area (Å²) in [6, 6.07) is 27.1. The van der Waals surface area contributed by atoms with Crippen LogP contribution in [0, 0.1) is 17.1 Å². The second-order valence-corrected chi connectivity index (χ2v) is 10.7. The molecule has 198 valence electrons. The van der Waals surface area contributed by atoms with E-state index in [2.05, 4.69) is 39.1 Å². The predicted molar refractivity (Wildman–Crippen MR) is 157 cm³/mol. The minimum atomic E-state index is -0.608. The van der Waals surface area contributed by atoms with Crippen LogP contribution in [-0.2, 0) is 0 Å². The molecule has 40 heavy (non-hydrogen) atoms. The molecule has 7 heteroatoms. The number of benzene rings is 4. The van der Waals surface area contributed by atoms with Gasteiger partial charge in [-0.05, 0) is 67.8 Å². The van der Waals surface area contributed by atoms with Crippen LogP contribution in [0.15, 0.2) is 78.9 Å². The number of H-pyrrole nitrogens is 1. The molecule has 6 aromatic rings. The van der Waals surface area contributed by atoms with Gasteiger partial charge in [-0.1, -0.05) is 43.2 Å². The number of anilines is 1. The highest BCUT2D eigenvalue weighted by atomic mass is 19.1. The van der Waals surface area contributed by atoms with Gasteiger partial charge in [0.2, 0.25) is 0 Å². The number of fused-ring (bicyclic) bond motifs is 4. The zero-order valence-corrected chi connectivity index (χ0v) is 21.9. The Morgan fingerprint density at radius 2 is 1.82 bits per heavy atom. The highest BCUT2D eigenvalue weighted by molar-refractivity contribution is 6.15. The first-order chi connectivity index (χ1) is 19.5. The minimum absolute atomic E-state index is 0.305. The summed E-state index contributed by atoms with van der Waals surface area (Å²) in [5.41, 5.74) is 5.97. The number of nitriles is 1. The number of aromatic nitrogens is 3. The highest BCUT2D eigenvalue weighted by Gasteiger charge is 2.30. The molecule has 0 aliphatic heterocycles. The van der Waals surface area contributed by atoms with Crippen LogP contribution in [0.2, 0.25) is 0 Å². The molecule has 6 nitrogen and oxygen atoms in total. The van der Waals surface area contributed by atoms with Crippen molar-refractivity contribution >= 4 is 38.5 Å². The number of hydrogen-bond donors (Lipinski definition) is 3. The first kappa shape index (κ1) is 24.4. The van der Waals surface area contributed by atoms with E-state index in [1.165, 1.54) is 12.1 Å². The molecule has 1 aliphatic rings. The maximum atomic E-state index is 13.9. The third-order valence-electron chi connectivity index (χ3n) is 8.22. The Balaban J connectivity index is 1.35. The Morgan fingerprint density at radius 1 is 1.00 bits per heavy atom. The van der Waals surface area contributed by atoms with E-state index in [4.69, 9.17) is 4.98 Å². The lowest BCUT2D eigenvalue weighted by atomic mass is 9.98. The molecule has 0 amide bonds. The highest BCUT2D eigenvalue weighted by Crippen LogP contribution is 2.39. The first-order valence-corrected chi connectivity index (χ1v) is 13.7. The summed E-state index contributed by atoms with van der Waals surface area (Å²) in [5.74, 6) is 0.376. The molecule has 0 atom stereocenters. The van der Waals surface area contributed by atoms with E-state index in [1.54, 1.807) is 6.07 Å². The van der Waals surface area contributed by atoms with Crippen LogP contribution in [0.25, 0.3) is 49.9 Å². The van der Waals surface area contributed by atoms with Gasteiger partial charge in [0.05, 0.1) is 38.9 Å². The number of rotatable bonds is 6. The van der Waals surface area contributed by atoms with Crippen molar-refractivity contribution in [3.8, 4) is 23.1 Å². The summed E-state index contributed by atoms with van der Waals surface area (Å²) in [6.45, 7) is 0.596. The van der Waals surface area contributed by atoms with Crippen LogP contribution < -0.4 is 5.32 Å². The van der Waals surface area contributed by atoms with E-state index < -0.39 is 5.60 Å². The number of aromatic amines is 1. The van der Waals surface area contributed by atoms with Crippen molar-refractivity contribution in [3.05, 3.63) is 90.2 Å². The molecule has 1 fully saturated rings. The molecule has 0 radical (unpaired) electrons. The third kappa shape index (κ3) is 4.09. The molecule has 0 saturated heterocycles. The molecule has 0 spiro atoms. The van der Waals surface area contributed by atoms with Gasteiger partial charge >= 0.3 is 0 Å². The number of hydrogen-bond acceptors (Lipinski definition) is 4. The van der Waals surface area contributed by atoms with Gasteiger partial charge in [-0.25, -0.2) is 9.37 Å². The Hall–Kier alpha value is -4.67. The Labute approximate surface area is 230 Å². The van der Waals surface area contributed by atoms with Gasteiger partial charge in [0.15, 0.2) is 0 Å². The summed E-state index contributed by atoms with van der Waals surface area (Å²) >= 11 is 0. The first-order valence-electron chi connectivity index (χ1n) is 13.7. The van der Waals surface area contributed by atoms with Gasteiger partial charge in [0.1, 0.15) is 17.7 Å². The second-order valence-electron chi connectivity index (χ2n) is 10.7. The summed E-state index contributed by atoms with van der Waals surface area (Å²) in [6.07, 6.45) is 4.46. The lowest BCUT2D eigenvalue weighted by Gasteiger charge is -2.22. The fourth-order valence-corrected chi connectivity index (χ4v) is 6.23. The zero-order valence-electron chi connectivity index (χ0n) is 21.9. The molecular weight excluding hydrogens is 501 g/mol. The van der Waals surface area contributed by atoms with Crippen molar-refractivity contribution in [1.29, 1.82) is 5.26 Å². The lowest BCUT2D eigenvalue weighted by molar-refractivity contribution is 0.0424. The molecule has 2 aromatic heterocycles. The van der Waals surface area contributed by atoms with Crippen LogP contribution >= 0.6 is 0 Å². The maximum absolute atomic E-state index is 13.9. The van der Waals surface area contributed by atoms with Crippen LogP contribution in [0.5, 0.6) is 0 Å². The molecule has 2 heterocycles. The molecular formula is C33H28FN5O. The Bertz CT molecular complexity index is 1940. The van der Waals surface area contributed by atoms with Crippen molar-refractivity contribution in [2.24, 2.45) is 0 Å². The van der Waals surface area contributed by atoms with Crippen molar-refractivity contribution in [2.75, 3.05) is 11.9 Å². The van der Waals surface area contributed by atoms with E-state index >= 15 is 0 Å². The molecule has 0 unspecified atom stereocenters. The zero-order chi connectivity index (χ0) is 27.3. The predicted octanol–water partition coefficient (Wildman–Crippen LogP) is 7.44. The van der Waals surface area contributed by atoms with Gasteiger partial charge in [0.25, 0.3) is 0 Å². The number of nitrogens with zero attached hydrogens (tertiary/aromatic N) is 3. The fourth-order valence-electron chi connectivity index (χ4n) is 6.23. The molecule has 1 aliphatic carbocycles. The van der Waals surface area contributed by atoms with E-state index in [9.17, 15) is 14.8 Å². The van der Waals surface area contributed by atoms with E-state index in [0.717, 1.165) is 64.4 Å². The summed E-state index contributed by atoms with van der Waals surface area (Å²) in [5, 5.41) is 26.1. The quantitative estimate of drug-likeness (QED) is 0.209. The van der Waals surface area contributed by atoms with E-state index in [0.29, 0.717) is 35.4 Å². The SMILES string of the molecule is N#Cc1ccc(-n2c3ccccc3c3c(-c4nc5ccc(F)cc5[nH]4)cccc32)cc1NCCC1(O)CCCC1. The smallest absolute Gasteiger partial charge is 0.139 e. The van der Waals surface area contributed by atoms with Crippen LogP contribution in [0.1, 0.15) is 37.7 Å². The number of imidazole rings is 1. The number of halogens is 1. The van der Waals surface area contributed by atoms with Gasteiger partial charge in [-0.2, -0.15) is 5.26 Å². The molecule has 3 N–H and O–H groups in total. The largest absolute Gasteiger partial charge is 0.390 e. The van der Waals surface area contributed by atoms with E-state index in [1.807, 2.05) is 42.5 Å². The number of nitrogens with one attached hydrogen (secondary N) is 2. The fraction of sp³-hybridized carbons (Fsp3) is 0.212. The lowest BCUT2D eigenvalue weighted by Crippen LogP contribution is -2.27. The third-order valence-corrected chi connectivity index (χ3v) is 8.22. The monoisotopic (exact) mass is 529 g/mol. The standard InChI is InChI=1S/C33H28FN5O/c34-22-11-13-26-28(18-22)38-32(37-26)25-7-5-9-30-31(25)24-6-1-2-8-29(24)39(30)23-12-10-21(20-35)27(19-23)36-17-16-33(40)14-3-4-15-33/h1-2,5-13,18-19,36,40H,3-4,14-17H2,(H,37,38). The van der Waals surface area contributed by atoms with Gasteiger partial charge in [0, 0.05) is 28.6 Å². The van der Waals surface area contributed by atoms with Crippen molar-refractivity contribution < 1.29 is 9.50 Å². The van der Waals surface area contributed by atoms with Crippen LogP contribution in [0.4, 0.5) is 10.1 Å². The summed E-state index contributed by atoms with van der Waals surface area (Å²) in [7, 11) is 0. The van der Waals surface area contributed by atoms with Gasteiger partial charge in [-0.15, -0.1) is 0 Å². The van der Waals surface area contributed by atoms with Crippen molar-refractivity contribution in [1.82, 2.24) is 14.5 Å². The second kappa shape index (κ2) is 9.51. The van der Waals surface area contributed by atoms with E-state index in [-0.39, 0.29) is 5.82 Å². The van der Waals surface area contributed by atoms with Gasteiger partial charge < -0.3 is 20.0 Å². The Kier molecular flexibility index (Phi) is 5.79. The summed E-state index contributed by atoms with van der Waals surface area (Å²) in [4.78, 5) is 8.08. The average Bonchev–Trinajstić information content (AvgIpc) is 3.68. The Morgan fingerprint density at radius 3 is 2.67 bits per heavy atom. The normalized spacial score (nSPS) is 14.7. The van der Waals surface area contributed by atoms with Crippen molar-refractivity contribution in [3.63, 3.8) is 0 Å². The topological polar surface area (TPSA) is 89.7 Å². The van der Waals surface area contributed by atoms with Gasteiger partial charge in [-0.3, -0.25) is 0 Å². The molecule has 0 bridgehead atoms. The number of para-hydroxylation sites is 1. The molecule has 1 saturated carbocycles. The minimum Gasteiger partial charge on any atom is -0.390 e. The van der Waals surface area contributed by atoms with Crippen molar-refractivity contribution in [2.45, 2.75) is 37.7 Å². The maximum Gasteiger partial charge on any atom is 0.139 e. The molecule has 7 rings (SSSR count). The average molecular weight is 530 g/mol. The summed E-state index contributed by atoms with van der Waals surface area (Å²) < 4.78 is 16.1. The van der Waals surface area contributed by atoms with Crippen LogP contribution in [-0.4, -0.2) is 31.8 Å². The number of aliphatic hydroxyl groups is 1. The molecule has 4 aromatic carbocycles.